The SMILES string of the molecule is Cc1nnc(N2C[C@H]3CN(C(=O)c4ccc(F)cc4)[C@H](c4ccccc4C)[C@H]3C2)o1. The molecule has 0 aliphatic carbocycles. The standard InChI is InChI=1S/C23H23FN4O2/c1-14-5-3-4-6-19(14)21-20-13-27(23-26-25-15(2)30-23)11-17(20)12-28(21)22(29)16-7-9-18(24)10-8-16/h3-10,17,20-21H,11-13H2,1-2H3/t17-,20-,21+/m0/s1. The summed E-state index contributed by atoms with van der Waals surface area (Å²) < 4.78 is 19.0. The molecule has 30 heavy (non-hydrogen) atoms. The largest absolute Gasteiger partial charge is 0.408 e. The predicted octanol–water partition coefficient (Wildman–Crippen LogP) is 3.78. The molecule has 0 saturated carbocycles. The van der Waals surface area contributed by atoms with Crippen LogP contribution >= 0.6 is 0 Å². The van der Waals surface area contributed by atoms with Gasteiger partial charge in [-0.2, -0.15) is 0 Å². The summed E-state index contributed by atoms with van der Waals surface area (Å²) >= 11 is 0. The Balaban J connectivity index is 1.49. The van der Waals surface area contributed by atoms with Crippen LogP contribution in [0.1, 0.15) is 33.4 Å². The highest BCUT2D eigenvalue weighted by molar-refractivity contribution is 5.94. The van der Waals surface area contributed by atoms with Gasteiger partial charge in [-0.25, -0.2) is 4.39 Å². The van der Waals surface area contributed by atoms with Crippen LogP contribution in [0.2, 0.25) is 0 Å². The maximum absolute atomic E-state index is 13.4. The highest BCUT2D eigenvalue weighted by atomic mass is 19.1. The fourth-order valence-corrected chi connectivity index (χ4v) is 4.90. The van der Waals surface area contributed by atoms with Crippen LogP contribution < -0.4 is 4.90 Å². The zero-order valence-electron chi connectivity index (χ0n) is 17.0. The number of carbonyl (C=O) groups excluding carboxylic acids is 1. The lowest BCUT2D eigenvalue weighted by Crippen LogP contribution is -2.36. The monoisotopic (exact) mass is 406 g/mol. The molecule has 1 aromatic heterocycles. The molecule has 2 aliphatic heterocycles. The molecule has 0 unspecified atom stereocenters. The Morgan fingerprint density at radius 3 is 2.50 bits per heavy atom. The summed E-state index contributed by atoms with van der Waals surface area (Å²) in [5.74, 6) is 0.697. The van der Waals surface area contributed by atoms with Gasteiger partial charge in [0.05, 0.1) is 6.04 Å². The average molecular weight is 406 g/mol. The Morgan fingerprint density at radius 1 is 1.03 bits per heavy atom. The van der Waals surface area contributed by atoms with E-state index in [4.69, 9.17) is 4.42 Å². The van der Waals surface area contributed by atoms with E-state index in [0.29, 0.717) is 29.9 Å². The number of likely N-dealkylation sites (tertiary alicyclic amines) is 1. The lowest BCUT2D eigenvalue weighted by atomic mass is 9.87. The van der Waals surface area contributed by atoms with E-state index in [-0.39, 0.29) is 23.7 Å². The minimum atomic E-state index is -0.342. The quantitative estimate of drug-likeness (QED) is 0.663. The third-order valence-corrected chi connectivity index (χ3v) is 6.31. The van der Waals surface area contributed by atoms with Gasteiger partial charge in [0.1, 0.15) is 5.82 Å². The van der Waals surface area contributed by atoms with Crippen molar-refractivity contribution in [2.45, 2.75) is 19.9 Å². The van der Waals surface area contributed by atoms with Gasteiger partial charge in [0, 0.05) is 44.0 Å². The Kier molecular flexibility index (Phi) is 4.53. The summed E-state index contributed by atoms with van der Waals surface area (Å²) in [6, 6.07) is 14.5. The van der Waals surface area contributed by atoms with Crippen molar-refractivity contribution in [2.75, 3.05) is 24.5 Å². The molecule has 2 fully saturated rings. The van der Waals surface area contributed by atoms with E-state index in [1.54, 1.807) is 19.1 Å². The van der Waals surface area contributed by atoms with Crippen molar-refractivity contribution in [1.29, 1.82) is 0 Å². The number of amides is 1. The van der Waals surface area contributed by atoms with Gasteiger partial charge in [0.2, 0.25) is 5.89 Å². The molecule has 154 valence electrons. The van der Waals surface area contributed by atoms with Gasteiger partial charge >= 0.3 is 6.01 Å². The van der Waals surface area contributed by atoms with Crippen LogP contribution in [0.3, 0.4) is 0 Å². The van der Waals surface area contributed by atoms with Crippen molar-refractivity contribution in [3.8, 4) is 0 Å². The second-order valence-electron chi connectivity index (χ2n) is 8.20. The van der Waals surface area contributed by atoms with Gasteiger partial charge in [-0.3, -0.25) is 4.79 Å². The molecule has 0 N–H and O–H groups in total. The Labute approximate surface area is 174 Å². The first-order chi connectivity index (χ1) is 14.5. The fourth-order valence-electron chi connectivity index (χ4n) is 4.90. The second-order valence-corrected chi connectivity index (χ2v) is 8.20. The normalized spacial score (nSPS) is 23.1. The molecule has 2 saturated heterocycles. The van der Waals surface area contributed by atoms with E-state index in [9.17, 15) is 9.18 Å². The summed E-state index contributed by atoms with van der Waals surface area (Å²) in [5.41, 5.74) is 2.83. The van der Waals surface area contributed by atoms with Gasteiger partial charge in [-0.1, -0.05) is 29.4 Å². The van der Waals surface area contributed by atoms with Crippen molar-refractivity contribution in [2.24, 2.45) is 11.8 Å². The number of aromatic nitrogens is 2. The van der Waals surface area contributed by atoms with Crippen LogP contribution in [-0.4, -0.2) is 40.6 Å². The predicted molar refractivity (Wildman–Crippen MR) is 110 cm³/mol. The van der Waals surface area contributed by atoms with Crippen LogP contribution in [0.15, 0.2) is 52.9 Å². The summed E-state index contributed by atoms with van der Waals surface area (Å²) in [5, 5.41) is 8.13. The number of fused-ring (bicyclic) bond motifs is 1. The minimum Gasteiger partial charge on any atom is -0.408 e. The first-order valence-corrected chi connectivity index (χ1v) is 10.2. The first-order valence-electron chi connectivity index (χ1n) is 10.2. The van der Waals surface area contributed by atoms with Crippen molar-refractivity contribution < 1.29 is 13.6 Å². The lowest BCUT2D eigenvalue weighted by Gasteiger charge is -2.30. The molecule has 2 aromatic carbocycles. The fraction of sp³-hybridized carbons (Fsp3) is 0.348. The maximum atomic E-state index is 13.4. The van der Waals surface area contributed by atoms with E-state index >= 15 is 0 Å². The number of carbonyl (C=O) groups is 1. The van der Waals surface area contributed by atoms with Crippen molar-refractivity contribution in [3.05, 3.63) is 76.9 Å². The van der Waals surface area contributed by atoms with E-state index in [2.05, 4.69) is 34.2 Å². The molecular formula is C23H23FN4O2. The Bertz CT molecular complexity index is 1080. The van der Waals surface area contributed by atoms with Crippen LogP contribution in [0.4, 0.5) is 10.4 Å². The number of hydrogen-bond acceptors (Lipinski definition) is 5. The van der Waals surface area contributed by atoms with Crippen LogP contribution in [0, 0.1) is 31.5 Å². The van der Waals surface area contributed by atoms with Gasteiger partial charge in [0.25, 0.3) is 5.91 Å². The molecule has 3 heterocycles. The Morgan fingerprint density at radius 2 is 1.80 bits per heavy atom. The number of halogens is 1. The molecule has 2 aliphatic rings. The summed E-state index contributed by atoms with van der Waals surface area (Å²) in [6.45, 7) is 6.02. The third-order valence-electron chi connectivity index (χ3n) is 6.31. The van der Waals surface area contributed by atoms with Crippen molar-refractivity contribution in [3.63, 3.8) is 0 Å². The van der Waals surface area contributed by atoms with E-state index in [1.807, 2.05) is 17.0 Å². The van der Waals surface area contributed by atoms with Crippen LogP contribution in [-0.2, 0) is 0 Å². The molecule has 6 nitrogen and oxygen atoms in total. The zero-order chi connectivity index (χ0) is 20.8. The van der Waals surface area contributed by atoms with E-state index in [0.717, 1.165) is 24.2 Å². The molecule has 0 radical (unpaired) electrons. The molecule has 0 spiro atoms. The average Bonchev–Trinajstić information content (AvgIpc) is 3.42. The topological polar surface area (TPSA) is 62.5 Å². The number of hydrogen-bond donors (Lipinski definition) is 0. The maximum Gasteiger partial charge on any atom is 0.318 e. The van der Waals surface area contributed by atoms with Crippen molar-refractivity contribution in [1.82, 2.24) is 15.1 Å². The summed E-state index contributed by atoms with van der Waals surface area (Å²) in [4.78, 5) is 17.5. The number of rotatable bonds is 3. The molecule has 1 amide bonds. The van der Waals surface area contributed by atoms with Gasteiger partial charge in [0.15, 0.2) is 0 Å². The highest BCUT2D eigenvalue weighted by Gasteiger charge is 2.50. The second kappa shape index (κ2) is 7.23. The van der Waals surface area contributed by atoms with Crippen molar-refractivity contribution >= 4 is 11.9 Å². The lowest BCUT2D eigenvalue weighted by molar-refractivity contribution is 0.0715. The van der Waals surface area contributed by atoms with Gasteiger partial charge in [-0.15, -0.1) is 5.10 Å². The minimum absolute atomic E-state index is 0.0530. The first kappa shape index (κ1) is 18.8. The van der Waals surface area contributed by atoms with Crippen LogP contribution in [0.25, 0.3) is 0 Å². The number of anilines is 1. The van der Waals surface area contributed by atoms with E-state index < -0.39 is 0 Å². The smallest absolute Gasteiger partial charge is 0.318 e. The molecule has 3 aromatic rings. The highest BCUT2D eigenvalue weighted by Crippen LogP contribution is 2.47. The summed E-state index contributed by atoms with van der Waals surface area (Å²) in [7, 11) is 0. The van der Waals surface area contributed by atoms with Gasteiger partial charge in [-0.05, 0) is 42.3 Å². The molecular weight excluding hydrogens is 383 g/mol. The zero-order valence-corrected chi connectivity index (χ0v) is 17.0. The third kappa shape index (κ3) is 3.14. The number of nitrogens with zero attached hydrogens (tertiary/aromatic N) is 4. The van der Waals surface area contributed by atoms with Crippen LogP contribution in [0.5, 0.6) is 0 Å². The summed E-state index contributed by atoms with van der Waals surface area (Å²) in [6.07, 6.45) is 0. The number of aryl methyl sites for hydroxylation is 2. The molecule has 3 atom stereocenters. The Hall–Kier alpha value is -3.22. The van der Waals surface area contributed by atoms with E-state index in [1.165, 1.54) is 12.1 Å². The number of benzene rings is 2. The van der Waals surface area contributed by atoms with Gasteiger partial charge < -0.3 is 14.2 Å². The molecule has 5 rings (SSSR count). The molecule has 0 bridgehead atoms. The molecule has 7 heteroatoms.